The summed E-state index contributed by atoms with van der Waals surface area (Å²) in [6.07, 6.45) is 9.30. The van der Waals surface area contributed by atoms with Crippen LogP contribution in [0.15, 0.2) is 0 Å². The van der Waals surface area contributed by atoms with Crippen molar-refractivity contribution in [2.45, 2.75) is 51.1 Å². The van der Waals surface area contributed by atoms with E-state index >= 15 is 0 Å². The molecule has 13 nitrogen and oxygen atoms in total. The van der Waals surface area contributed by atoms with Crippen molar-refractivity contribution in [1.82, 2.24) is 16.0 Å². The fourth-order valence-electron chi connectivity index (χ4n) is 3.81. The molecule has 3 N–H and O–H groups in total. The summed E-state index contributed by atoms with van der Waals surface area (Å²) in [6.45, 7) is 10.1. The van der Waals surface area contributed by atoms with E-state index in [0.29, 0.717) is 119 Å². The molecule has 1 saturated heterocycles. The first kappa shape index (κ1) is 38.0. The van der Waals surface area contributed by atoms with E-state index in [9.17, 15) is 9.59 Å². The van der Waals surface area contributed by atoms with Gasteiger partial charge >= 0.3 is 6.03 Å². The van der Waals surface area contributed by atoms with E-state index < -0.39 is 0 Å². The van der Waals surface area contributed by atoms with Gasteiger partial charge in [-0.1, -0.05) is 18.8 Å². The fourth-order valence-corrected chi connectivity index (χ4v) is 3.81. The van der Waals surface area contributed by atoms with Crippen molar-refractivity contribution < 1.29 is 47.5 Å². The number of nitrogens with one attached hydrogen (secondary N) is 3. The lowest BCUT2D eigenvalue weighted by Crippen LogP contribution is -2.30. The third-order valence-corrected chi connectivity index (χ3v) is 6.06. The lowest BCUT2D eigenvalue weighted by atomic mass is 10.0. The van der Waals surface area contributed by atoms with Crippen molar-refractivity contribution >= 4 is 11.9 Å². The Hall–Kier alpha value is -2.02. The summed E-state index contributed by atoms with van der Waals surface area (Å²) in [5.41, 5.74) is 0. The number of rotatable bonds is 31. The number of terminal acetylenes is 1. The van der Waals surface area contributed by atoms with Gasteiger partial charge in [-0.2, -0.15) is 0 Å². The van der Waals surface area contributed by atoms with Gasteiger partial charge in [-0.25, -0.2) is 4.79 Å². The molecule has 1 aliphatic rings. The zero-order chi connectivity index (χ0) is 30.4. The molecule has 1 aliphatic heterocycles. The SMILES string of the molecule is C#CCOCCOCCOCCOCCOCCOCCOCCOCCNC(=O)CCCCC[C@H]1NC(=O)N[C@H]1C. The monoisotopic (exact) mass is 603 g/mol. The van der Waals surface area contributed by atoms with Crippen LogP contribution in [0, 0.1) is 12.3 Å². The van der Waals surface area contributed by atoms with E-state index in [0.717, 1.165) is 25.7 Å². The third-order valence-electron chi connectivity index (χ3n) is 6.06. The zero-order valence-corrected chi connectivity index (χ0v) is 25.4. The molecule has 0 aliphatic carbocycles. The normalized spacial score (nSPS) is 16.2. The maximum Gasteiger partial charge on any atom is 0.315 e. The molecule has 2 atom stereocenters. The smallest absolute Gasteiger partial charge is 0.315 e. The van der Waals surface area contributed by atoms with Crippen LogP contribution < -0.4 is 16.0 Å². The highest BCUT2D eigenvalue weighted by Gasteiger charge is 2.26. The molecule has 0 spiro atoms. The molecule has 1 heterocycles. The summed E-state index contributed by atoms with van der Waals surface area (Å²) in [5, 5.41) is 8.62. The number of unbranched alkanes of at least 4 members (excludes halogenated alkanes) is 2. The molecule has 0 aromatic heterocycles. The summed E-state index contributed by atoms with van der Waals surface area (Å²) in [7, 11) is 0. The van der Waals surface area contributed by atoms with Crippen molar-refractivity contribution in [3.63, 3.8) is 0 Å². The number of hydrogen-bond acceptors (Lipinski definition) is 10. The van der Waals surface area contributed by atoms with E-state index in [2.05, 4.69) is 21.9 Å². The lowest BCUT2D eigenvalue weighted by molar-refractivity contribution is -0.121. The average molecular weight is 604 g/mol. The van der Waals surface area contributed by atoms with Crippen LogP contribution >= 0.6 is 0 Å². The fraction of sp³-hybridized carbons (Fsp3) is 0.862. The van der Waals surface area contributed by atoms with Gasteiger partial charge in [0.1, 0.15) is 6.61 Å². The van der Waals surface area contributed by atoms with Gasteiger partial charge in [-0.15, -0.1) is 6.42 Å². The van der Waals surface area contributed by atoms with Crippen LogP contribution in [0.2, 0.25) is 0 Å². The third kappa shape index (κ3) is 24.6. The first-order chi connectivity index (χ1) is 20.6. The van der Waals surface area contributed by atoms with Gasteiger partial charge in [0.25, 0.3) is 0 Å². The minimum Gasteiger partial charge on any atom is -0.377 e. The van der Waals surface area contributed by atoms with Crippen LogP contribution in [-0.4, -0.2) is 136 Å². The average Bonchev–Trinajstić information content (AvgIpc) is 3.30. The molecule has 1 rings (SSSR count). The van der Waals surface area contributed by atoms with Crippen LogP contribution in [0.25, 0.3) is 0 Å². The van der Waals surface area contributed by atoms with Crippen LogP contribution in [0.3, 0.4) is 0 Å². The van der Waals surface area contributed by atoms with Crippen LogP contribution in [0.1, 0.15) is 39.0 Å². The summed E-state index contributed by atoms with van der Waals surface area (Å²) in [6, 6.07) is 0.251. The highest BCUT2D eigenvalue weighted by atomic mass is 16.6. The maximum absolute atomic E-state index is 11.9. The first-order valence-corrected chi connectivity index (χ1v) is 15.0. The molecule has 42 heavy (non-hydrogen) atoms. The second kappa shape index (κ2) is 29.1. The molecule has 0 aromatic rings. The minimum atomic E-state index is -0.0941. The molecule has 244 valence electrons. The molecule has 0 bridgehead atoms. The van der Waals surface area contributed by atoms with E-state index in [-0.39, 0.29) is 24.0 Å². The summed E-state index contributed by atoms with van der Waals surface area (Å²) >= 11 is 0. The lowest BCUT2D eigenvalue weighted by Gasteiger charge is -2.13. The Balaban J connectivity index is 1.67. The molecule has 0 radical (unpaired) electrons. The Morgan fingerprint density at radius 3 is 1.57 bits per heavy atom. The second-order valence-corrected chi connectivity index (χ2v) is 9.51. The van der Waals surface area contributed by atoms with E-state index in [1.165, 1.54) is 0 Å². The summed E-state index contributed by atoms with van der Waals surface area (Å²) in [5.74, 6) is 2.43. The van der Waals surface area contributed by atoms with Crippen molar-refractivity contribution in [3.8, 4) is 12.3 Å². The quantitative estimate of drug-likeness (QED) is 0.0772. The first-order valence-electron chi connectivity index (χ1n) is 15.0. The molecule has 0 saturated carbocycles. The maximum atomic E-state index is 11.9. The summed E-state index contributed by atoms with van der Waals surface area (Å²) in [4.78, 5) is 23.2. The van der Waals surface area contributed by atoms with Crippen LogP contribution in [0.4, 0.5) is 4.79 Å². The molecular weight excluding hydrogens is 550 g/mol. The number of carbonyl (C=O) groups excluding carboxylic acids is 2. The molecule has 3 amide bonds. The van der Waals surface area contributed by atoms with Gasteiger partial charge < -0.3 is 53.8 Å². The van der Waals surface area contributed by atoms with E-state index in [1.54, 1.807) is 0 Å². The predicted octanol–water partition coefficient (Wildman–Crippen LogP) is 0.889. The van der Waals surface area contributed by atoms with Gasteiger partial charge in [0.2, 0.25) is 5.91 Å². The van der Waals surface area contributed by atoms with Crippen LogP contribution in [0.5, 0.6) is 0 Å². The number of carbonyl (C=O) groups is 2. The zero-order valence-electron chi connectivity index (χ0n) is 25.4. The van der Waals surface area contributed by atoms with Crippen molar-refractivity contribution in [2.75, 3.05) is 112 Å². The predicted molar refractivity (Wildman–Crippen MR) is 156 cm³/mol. The second-order valence-electron chi connectivity index (χ2n) is 9.51. The van der Waals surface area contributed by atoms with Gasteiger partial charge in [0.15, 0.2) is 0 Å². The highest BCUT2D eigenvalue weighted by Crippen LogP contribution is 2.11. The Morgan fingerprint density at radius 2 is 1.14 bits per heavy atom. The minimum absolute atomic E-state index is 0.0374. The van der Waals surface area contributed by atoms with Gasteiger partial charge in [-0.3, -0.25) is 4.79 Å². The topological polar surface area (TPSA) is 144 Å². The van der Waals surface area contributed by atoms with Gasteiger partial charge in [0.05, 0.1) is 105 Å². The van der Waals surface area contributed by atoms with Crippen molar-refractivity contribution in [3.05, 3.63) is 0 Å². The number of urea groups is 1. The molecule has 0 unspecified atom stereocenters. The number of ether oxygens (including phenoxy) is 8. The molecule has 1 fully saturated rings. The van der Waals surface area contributed by atoms with Gasteiger partial charge in [-0.05, 0) is 19.8 Å². The molecule has 13 heteroatoms. The van der Waals surface area contributed by atoms with Crippen molar-refractivity contribution in [2.24, 2.45) is 0 Å². The highest BCUT2D eigenvalue weighted by molar-refractivity contribution is 5.77. The summed E-state index contributed by atoms with van der Waals surface area (Å²) < 4.78 is 43.1. The number of hydrogen-bond donors (Lipinski definition) is 3. The van der Waals surface area contributed by atoms with Crippen LogP contribution in [-0.2, 0) is 42.7 Å². The largest absolute Gasteiger partial charge is 0.377 e. The Kier molecular flexibility index (Phi) is 26.3. The molecular formula is C29H53N3O10. The van der Waals surface area contributed by atoms with E-state index in [4.69, 9.17) is 44.3 Å². The Bertz CT molecular complexity index is 695. The van der Waals surface area contributed by atoms with Gasteiger partial charge in [0, 0.05) is 19.0 Å². The standard InChI is InChI=1S/C29H53N3O10/c1-3-10-35-12-14-37-16-18-39-20-22-41-24-25-42-23-21-40-19-17-38-15-13-36-11-9-30-28(33)8-6-4-5-7-27-26(2)31-29(34)32-27/h1,26-27H,4-25H2,2H3,(H,30,33)(H2,31,32,34)/t26-,27+/m0/s1. The Morgan fingerprint density at radius 1 is 0.690 bits per heavy atom. The van der Waals surface area contributed by atoms with Crippen molar-refractivity contribution in [1.29, 1.82) is 0 Å². The number of amides is 3. The molecule has 0 aromatic carbocycles. The van der Waals surface area contributed by atoms with E-state index in [1.807, 2.05) is 6.92 Å². The Labute approximate surface area is 251 Å².